The Labute approximate surface area is 154 Å². The molecule has 0 saturated carbocycles. The van der Waals surface area contributed by atoms with Gasteiger partial charge in [0.15, 0.2) is 0 Å². The Morgan fingerprint density at radius 2 is 1.38 bits per heavy atom. The summed E-state index contributed by atoms with van der Waals surface area (Å²) in [6, 6.07) is 29.2. The minimum atomic E-state index is -0.402. The Morgan fingerprint density at radius 3 is 2.12 bits per heavy atom. The molecule has 0 aliphatic carbocycles. The first-order valence-electron chi connectivity index (χ1n) is 8.90. The Hall–Kier alpha value is -3.24. The molecule has 0 aliphatic rings. The van der Waals surface area contributed by atoms with Gasteiger partial charge < -0.3 is 4.98 Å². The van der Waals surface area contributed by atoms with Crippen LogP contribution < -0.4 is 0 Å². The van der Waals surface area contributed by atoms with Gasteiger partial charge in [-0.05, 0) is 37.6 Å². The topological polar surface area (TPSA) is 15.8 Å². The van der Waals surface area contributed by atoms with E-state index in [1.807, 2.05) is 18.2 Å². The lowest BCUT2D eigenvalue weighted by atomic mass is 9.75. The first-order chi connectivity index (χ1) is 12.7. The smallest absolute Gasteiger partial charge is 0.0810 e. The number of aromatic nitrogens is 1. The highest BCUT2D eigenvalue weighted by Crippen LogP contribution is 2.38. The second-order valence-electron chi connectivity index (χ2n) is 6.78. The SMILES string of the molecule is Cc1[nH]c2ccccc2c1C(C)(C#Cc1ccccc1)c1ccccc1. The van der Waals surface area contributed by atoms with Crippen LogP contribution in [-0.2, 0) is 5.41 Å². The van der Waals surface area contributed by atoms with E-state index in [0.29, 0.717) is 0 Å². The van der Waals surface area contributed by atoms with E-state index < -0.39 is 5.41 Å². The van der Waals surface area contributed by atoms with Crippen molar-refractivity contribution in [3.8, 4) is 11.8 Å². The Bertz CT molecular complexity index is 1090. The van der Waals surface area contributed by atoms with Gasteiger partial charge in [-0.15, -0.1) is 0 Å². The minimum absolute atomic E-state index is 0.402. The molecule has 1 heteroatoms. The fourth-order valence-corrected chi connectivity index (χ4v) is 3.69. The molecular formula is C25H21N. The van der Waals surface area contributed by atoms with Gasteiger partial charge in [-0.1, -0.05) is 78.6 Å². The molecule has 0 fully saturated rings. The molecule has 0 saturated heterocycles. The molecule has 26 heavy (non-hydrogen) atoms. The van der Waals surface area contributed by atoms with Crippen LogP contribution in [0.25, 0.3) is 10.9 Å². The van der Waals surface area contributed by atoms with Crippen LogP contribution in [0, 0.1) is 18.8 Å². The summed E-state index contributed by atoms with van der Waals surface area (Å²) in [4.78, 5) is 3.53. The molecule has 3 aromatic carbocycles. The molecule has 0 spiro atoms. The van der Waals surface area contributed by atoms with Crippen LogP contribution in [0.2, 0.25) is 0 Å². The average molecular weight is 335 g/mol. The number of nitrogens with one attached hydrogen (secondary N) is 1. The lowest BCUT2D eigenvalue weighted by molar-refractivity contribution is 0.753. The Morgan fingerprint density at radius 1 is 0.769 bits per heavy atom. The summed E-state index contributed by atoms with van der Waals surface area (Å²) >= 11 is 0. The van der Waals surface area contributed by atoms with E-state index in [2.05, 4.69) is 97.4 Å². The van der Waals surface area contributed by atoms with Gasteiger partial charge in [0.05, 0.1) is 5.41 Å². The molecule has 0 aliphatic heterocycles. The van der Waals surface area contributed by atoms with E-state index in [-0.39, 0.29) is 0 Å². The van der Waals surface area contributed by atoms with E-state index in [1.54, 1.807) is 0 Å². The zero-order valence-electron chi connectivity index (χ0n) is 15.1. The maximum Gasteiger partial charge on any atom is 0.0810 e. The lowest BCUT2D eigenvalue weighted by Gasteiger charge is -2.25. The van der Waals surface area contributed by atoms with Gasteiger partial charge in [0.2, 0.25) is 0 Å². The summed E-state index contributed by atoms with van der Waals surface area (Å²) in [5, 5.41) is 1.23. The van der Waals surface area contributed by atoms with Crippen LogP contribution in [0.4, 0.5) is 0 Å². The number of rotatable bonds is 2. The van der Waals surface area contributed by atoms with Gasteiger partial charge in [0.25, 0.3) is 0 Å². The quantitative estimate of drug-likeness (QED) is 0.443. The highest BCUT2D eigenvalue weighted by molar-refractivity contribution is 5.87. The zero-order chi connectivity index (χ0) is 18.0. The Balaban J connectivity index is 1.97. The van der Waals surface area contributed by atoms with E-state index in [1.165, 1.54) is 22.2 Å². The predicted molar refractivity (Wildman–Crippen MR) is 109 cm³/mol. The number of H-pyrrole nitrogens is 1. The van der Waals surface area contributed by atoms with Crippen LogP contribution in [-0.4, -0.2) is 4.98 Å². The fraction of sp³-hybridized carbons (Fsp3) is 0.120. The molecule has 126 valence electrons. The maximum absolute atomic E-state index is 3.59. The maximum atomic E-state index is 3.59. The normalized spacial score (nSPS) is 13.0. The van der Waals surface area contributed by atoms with E-state index >= 15 is 0 Å². The number of hydrogen-bond acceptors (Lipinski definition) is 0. The van der Waals surface area contributed by atoms with E-state index in [0.717, 1.165) is 11.1 Å². The van der Waals surface area contributed by atoms with E-state index in [9.17, 15) is 0 Å². The summed E-state index contributed by atoms with van der Waals surface area (Å²) in [5.41, 5.74) is 5.41. The van der Waals surface area contributed by atoms with Gasteiger partial charge in [0.1, 0.15) is 0 Å². The largest absolute Gasteiger partial charge is 0.358 e. The van der Waals surface area contributed by atoms with Gasteiger partial charge in [-0.25, -0.2) is 0 Å². The summed E-state index contributed by atoms with van der Waals surface area (Å²) in [6.07, 6.45) is 0. The number of benzene rings is 3. The molecule has 1 aromatic heterocycles. The monoisotopic (exact) mass is 335 g/mol. The third-order valence-corrected chi connectivity index (χ3v) is 4.98. The van der Waals surface area contributed by atoms with Crippen molar-refractivity contribution in [2.45, 2.75) is 19.3 Å². The highest BCUT2D eigenvalue weighted by Gasteiger charge is 2.31. The lowest BCUT2D eigenvalue weighted by Crippen LogP contribution is -2.22. The molecule has 0 radical (unpaired) electrons. The molecule has 1 atom stereocenters. The summed E-state index contributed by atoms with van der Waals surface area (Å²) in [5.74, 6) is 6.99. The minimum Gasteiger partial charge on any atom is -0.358 e. The van der Waals surface area contributed by atoms with Gasteiger partial charge in [-0.3, -0.25) is 0 Å². The van der Waals surface area contributed by atoms with Crippen molar-refractivity contribution in [1.82, 2.24) is 4.98 Å². The van der Waals surface area contributed by atoms with Crippen LogP contribution in [0.1, 0.15) is 29.3 Å². The molecular weight excluding hydrogens is 314 g/mol. The van der Waals surface area contributed by atoms with Crippen molar-refractivity contribution in [2.75, 3.05) is 0 Å². The van der Waals surface area contributed by atoms with Crippen molar-refractivity contribution in [3.63, 3.8) is 0 Å². The average Bonchev–Trinajstić information content (AvgIpc) is 3.04. The predicted octanol–water partition coefficient (Wildman–Crippen LogP) is 5.83. The first-order valence-corrected chi connectivity index (χ1v) is 8.90. The summed E-state index contributed by atoms with van der Waals surface area (Å²) in [6.45, 7) is 4.36. The van der Waals surface area contributed by atoms with Crippen LogP contribution in [0.5, 0.6) is 0 Å². The molecule has 1 nitrogen and oxygen atoms in total. The number of aromatic amines is 1. The van der Waals surface area contributed by atoms with Gasteiger partial charge >= 0.3 is 0 Å². The molecule has 4 aromatic rings. The van der Waals surface area contributed by atoms with Crippen molar-refractivity contribution in [1.29, 1.82) is 0 Å². The zero-order valence-corrected chi connectivity index (χ0v) is 15.1. The number of hydrogen-bond donors (Lipinski definition) is 1. The van der Waals surface area contributed by atoms with E-state index in [4.69, 9.17) is 0 Å². The van der Waals surface area contributed by atoms with Crippen molar-refractivity contribution < 1.29 is 0 Å². The third kappa shape index (κ3) is 2.80. The van der Waals surface area contributed by atoms with Crippen molar-refractivity contribution in [2.24, 2.45) is 0 Å². The first kappa shape index (κ1) is 16.2. The molecule has 4 rings (SSSR count). The van der Waals surface area contributed by atoms with Crippen LogP contribution in [0.15, 0.2) is 84.9 Å². The van der Waals surface area contributed by atoms with Crippen molar-refractivity contribution >= 4 is 10.9 Å². The summed E-state index contributed by atoms with van der Waals surface area (Å²) < 4.78 is 0. The molecule has 1 N–H and O–H groups in total. The van der Waals surface area contributed by atoms with Gasteiger partial charge in [-0.2, -0.15) is 0 Å². The number of fused-ring (bicyclic) bond motifs is 1. The molecule has 1 heterocycles. The third-order valence-electron chi connectivity index (χ3n) is 4.98. The summed E-state index contributed by atoms with van der Waals surface area (Å²) in [7, 11) is 0. The van der Waals surface area contributed by atoms with Gasteiger partial charge in [0, 0.05) is 27.7 Å². The second kappa shape index (κ2) is 6.58. The number of para-hydroxylation sites is 1. The number of aryl methyl sites for hydroxylation is 1. The molecule has 0 amide bonds. The van der Waals surface area contributed by atoms with Crippen LogP contribution in [0.3, 0.4) is 0 Å². The molecule has 1 unspecified atom stereocenters. The second-order valence-corrected chi connectivity index (χ2v) is 6.78. The Kier molecular flexibility index (Phi) is 4.11. The standard InChI is InChI=1S/C25H21N/c1-19-24(22-15-9-10-16-23(22)26-19)25(2,21-13-7-4-8-14-21)18-17-20-11-5-3-6-12-20/h3-16,26H,1-2H3. The van der Waals surface area contributed by atoms with Crippen molar-refractivity contribution in [3.05, 3.63) is 107 Å². The highest BCUT2D eigenvalue weighted by atomic mass is 14.7. The van der Waals surface area contributed by atoms with Crippen LogP contribution >= 0.6 is 0 Å². The fourth-order valence-electron chi connectivity index (χ4n) is 3.69. The molecule has 0 bridgehead atoms.